The van der Waals surface area contributed by atoms with Crippen molar-refractivity contribution in [2.24, 2.45) is 10.8 Å². The molecule has 2 N–H and O–H groups in total. The molecule has 0 spiro atoms. The van der Waals surface area contributed by atoms with Gasteiger partial charge in [-0.15, -0.1) is 0 Å². The highest BCUT2D eigenvalue weighted by molar-refractivity contribution is 5.99. The molecular formula is C14H12N4O. The summed E-state index contributed by atoms with van der Waals surface area (Å²) in [5.41, 5.74) is 16.7. The molecule has 0 aliphatic heterocycles. The fourth-order valence-electron chi connectivity index (χ4n) is 1.85. The lowest BCUT2D eigenvalue weighted by Crippen LogP contribution is -2.12. The van der Waals surface area contributed by atoms with Crippen molar-refractivity contribution in [1.29, 1.82) is 0 Å². The molecule has 0 aliphatic carbocycles. The van der Waals surface area contributed by atoms with Gasteiger partial charge in [0.05, 0.1) is 6.54 Å². The number of amides is 1. The third-order valence-corrected chi connectivity index (χ3v) is 2.77. The van der Waals surface area contributed by atoms with Crippen LogP contribution in [0.1, 0.15) is 15.9 Å². The molecule has 2 aromatic rings. The normalized spacial score (nSPS) is 9.68. The largest absolute Gasteiger partial charge is 0.366 e. The molecule has 2 rings (SSSR count). The van der Waals surface area contributed by atoms with E-state index < -0.39 is 5.91 Å². The van der Waals surface area contributed by atoms with Crippen LogP contribution in [0.25, 0.3) is 21.6 Å². The van der Waals surface area contributed by atoms with Gasteiger partial charge in [-0.3, -0.25) is 4.79 Å². The molecule has 5 nitrogen and oxygen atoms in total. The van der Waals surface area contributed by atoms with Gasteiger partial charge in [0.2, 0.25) is 5.91 Å². The molecule has 0 heterocycles. The molecule has 19 heavy (non-hydrogen) atoms. The van der Waals surface area contributed by atoms with Crippen molar-refractivity contribution in [3.63, 3.8) is 0 Å². The number of nitrogens with zero attached hydrogens (tertiary/aromatic N) is 3. The van der Waals surface area contributed by atoms with Crippen molar-refractivity contribution >= 4 is 5.91 Å². The summed E-state index contributed by atoms with van der Waals surface area (Å²) in [4.78, 5) is 14.1. The van der Waals surface area contributed by atoms with Crippen LogP contribution in [0, 0.1) is 0 Å². The minimum absolute atomic E-state index is 0.314. The smallest absolute Gasteiger partial charge is 0.249 e. The van der Waals surface area contributed by atoms with Crippen LogP contribution in [0.3, 0.4) is 0 Å². The third-order valence-electron chi connectivity index (χ3n) is 2.77. The molecule has 0 saturated heterocycles. The predicted molar refractivity (Wildman–Crippen MR) is 73.2 cm³/mol. The molecular weight excluding hydrogens is 240 g/mol. The molecule has 0 aromatic heterocycles. The van der Waals surface area contributed by atoms with Crippen LogP contribution in [-0.2, 0) is 6.54 Å². The molecule has 0 radical (unpaired) electrons. The summed E-state index contributed by atoms with van der Waals surface area (Å²) >= 11 is 0. The number of rotatable bonds is 4. The molecule has 2 aromatic carbocycles. The van der Waals surface area contributed by atoms with Crippen molar-refractivity contribution in [2.75, 3.05) is 0 Å². The topological polar surface area (TPSA) is 91.8 Å². The van der Waals surface area contributed by atoms with E-state index in [2.05, 4.69) is 10.0 Å². The molecule has 0 atom stereocenters. The van der Waals surface area contributed by atoms with E-state index >= 15 is 0 Å². The van der Waals surface area contributed by atoms with E-state index in [4.69, 9.17) is 11.3 Å². The van der Waals surface area contributed by atoms with Gasteiger partial charge in [0, 0.05) is 10.5 Å². The first-order valence-electron chi connectivity index (χ1n) is 5.71. The summed E-state index contributed by atoms with van der Waals surface area (Å²) in [5.74, 6) is -0.450. The number of hydrogen-bond donors (Lipinski definition) is 1. The van der Waals surface area contributed by atoms with Gasteiger partial charge < -0.3 is 5.73 Å². The molecule has 0 saturated carbocycles. The van der Waals surface area contributed by atoms with E-state index in [-0.39, 0.29) is 0 Å². The van der Waals surface area contributed by atoms with Gasteiger partial charge in [0.1, 0.15) is 0 Å². The first-order chi connectivity index (χ1) is 9.22. The van der Waals surface area contributed by atoms with Crippen LogP contribution < -0.4 is 5.73 Å². The zero-order chi connectivity index (χ0) is 13.7. The van der Waals surface area contributed by atoms with E-state index in [9.17, 15) is 4.79 Å². The summed E-state index contributed by atoms with van der Waals surface area (Å²) in [6.45, 7) is 0.314. The van der Waals surface area contributed by atoms with Crippen LogP contribution in [0.15, 0.2) is 53.6 Å². The lowest BCUT2D eigenvalue weighted by Gasteiger charge is -2.07. The van der Waals surface area contributed by atoms with Gasteiger partial charge in [-0.2, -0.15) is 0 Å². The van der Waals surface area contributed by atoms with Gasteiger partial charge in [-0.05, 0) is 28.3 Å². The summed E-state index contributed by atoms with van der Waals surface area (Å²) < 4.78 is 0. The van der Waals surface area contributed by atoms with Crippen LogP contribution in [-0.4, -0.2) is 5.91 Å². The molecule has 94 valence electrons. The molecule has 0 aliphatic rings. The Balaban J connectivity index is 2.37. The first-order valence-corrected chi connectivity index (χ1v) is 5.71. The highest BCUT2D eigenvalue weighted by Gasteiger charge is 2.08. The third kappa shape index (κ3) is 2.91. The highest BCUT2D eigenvalue weighted by atomic mass is 16.1. The van der Waals surface area contributed by atoms with Gasteiger partial charge in [0.15, 0.2) is 0 Å². The molecule has 0 bridgehead atoms. The second kappa shape index (κ2) is 5.71. The van der Waals surface area contributed by atoms with Gasteiger partial charge in [0.25, 0.3) is 0 Å². The Morgan fingerprint density at radius 3 is 2.47 bits per heavy atom. The Bertz CT molecular complexity index is 643. The molecule has 0 fully saturated rings. The Kier molecular flexibility index (Phi) is 3.81. The van der Waals surface area contributed by atoms with Gasteiger partial charge in [-0.1, -0.05) is 47.6 Å². The lowest BCUT2D eigenvalue weighted by atomic mass is 9.98. The monoisotopic (exact) mass is 252 g/mol. The second-order valence-corrected chi connectivity index (χ2v) is 4.00. The summed E-state index contributed by atoms with van der Waals surface area (Å²) in [6.07, 6.45) is 0. The van der Waals surface area contributed by atoms with Crippen molar-refractivity contribution in [3.05, 3.63) is 70.1 Å². The first kappa shape index (κ1) is 12.7. The maximum Gasteiger partial charge on any atom is 0.249 e. The Labute approximate surface area is 110 Å². The fraction of sp³-hybridized carbons (Fsp3) is 0.0714. The number of azide groups is 1. The molecule has 1 amide bonds. The SMILES string of the molecule is [N-]=[N+]=NCc1ccc(-c2ccccc2C(N)=O)cc1. The summed E-state index contributed by atoms with van der Waals surface area (Å²) in [7, 11) is 0. The Morgan fingerprint density at radius 1 is 1.16 bits per heavy atom. The minimum atomic E-state index is -0.450. The average Bonchev–Trinajstić information content (AvgIpc) is 2.45. The van der Waals surface area contributed by atoms with Crippen LogP contribution in [0.2, 0.25) is 0 Å². The van der Waals surface area contributed by atoms with Crippen LogP contribution in [0.4, 0.5) is 0 Å². The fourth-order valence-corrected chi connectivity index (χ4v) is 1.85. The van der Waals surface area contributed by atoms with E-state index in [0.717, 1.165) is 16.7 Å². The zero-order valence-electron chi connectivity index (χ0n) is 10.2. The van der Waals surface area contributed by atoms with Gasteiger partial charge in [-0.25, -0.2) is 0 Å². The number of carbonyl (C=O) groups excluding carboxylic acids is 1. The second-order valence-electron chi connectivity index (χ2n) is 4.00. The number of carbonyl (C=O) groups is 1. The van der Waals surface area contributed by atoms with Crippen molar-refractivity contribution in [1.82, 2.24) is 0 Å². The highest BCUT2D eigenvalue weighted by Crippen LogP contribution is 2.23. The standard InChI is InChI=1S/C14H12N4O/c15-14(19)13-4-2-1-3-12(13)11-7-5-10(6-8-11)9-17-18-16/h1-8H,9H2,(H2,15,19). The Morgan fingerprint density at radius 2 is 1.84 bits per heavy atom. The minimum Gasteiger partial charge on any atom is -0.366 e. The van der Waals surface area contributed by atoms with E-state index in [0.29, 0.717) is 12.1 Å². The quantitative estimate of drug-likeness (QED) is 0.504. The number of hydrogen-bond acceptors (Lipinski definition) is 2. The number of benzene rings is 2. The summed E-state index contributed by atoms with van der Waals surface area (Å²) in [5, 5.41) is 3.50. The van der Waals surface area contributed by atoms with Crippen molar-refractivity contribution in [2.45, 2.75) is 6.54 Å². The van der Waals surface area contributed by atoms with Crippen molar-refractivity contribution < 1.29 is 4.79 Å². The number of primary amides is 1. The molecule has 0 unspecified atom stereocenters. The zero-order valence-corrected chi connectivity index (χ0v) is 10.2. The molecule has 5 heteroatoms. The van der Waals surface area contributed by atoms with Crippen molar-refractivity contribution in [3.8, 4) is 11.1 Å². The Hall–Kier alpha value is -2.78. The average molecular weight is 252 g/mol. The van der Waals surface area contributed by atoms with Crippen LogP contribution in [0.5, 0.6) is 0 Å². The van der Waals surface area contributed by atoms with E-state index in [1.54, 1.807) is 12.1 Å². The van der Waals surface area contributed by atoms with E-state index in [1.165, 1.54) is 0 Å². The maximum absolute atomic E-state index is 11.4. The van der Waals surface area contributed by atoms with E-state index in [1.807, 2.05) is 36.4 Å². The lowest BCUT2D eigenvalue weighted by molar-refractivity contribution is 0.100. The predicted octanol–water partition coefficient (Wildman–Crippen LogP) is 3.26. The van der Waals surface area contributed by atoms with Gasteiger partial charge >= 0.3 is 0 Å². The van der Waals surface area contributed by atoms with Crippen LogP contribution >= 0.6 is 0 Å². The number of nitrogens with two attached hydrogens (primary N) is 1. The summed E-state index contributed by atoms with van der Waals surface area (Å²) in [6, 6.07) is 14.7. The maximum atomic E-state index is 11.4.